The Bertz CT molecular complexity index is 241. The standard InChI is InChI=1S/C10H21NO2Si/c1-8(2)9(12)13-7-14(5,6)10(3,4)11/h1,7,11H2,2-6H3. The van der Waals surface area contributed by atoms with E-state index < -0.39 is 8.07 Å². The van der Waals surface area contributed by atoms with Crippen molar-refractivity contribution in [2.24, 2.45) is 5.73 Å². The topological polar surface area (TPSA) is 52.3 Å². The molecule has 0 aliphatic carbocycles. The second-order valence-electron chi connectivity index (χ2n) is 4.96. The van der Waals surface area contributed by atoms with Crippen LogP contribution in [0.2, 0.25) is 13.1 Å². The molecule has 0 unspecified atom stereocenters. The highest BCUT2D eigenvalue weighted by Crippen LogP contribution is 2.17. The minimum absolute atomic E-state index is 0.248. The molecule has 0 spiro atoms. The van der Waals surface area contributed by atoms with E-state index in [1.165, 1.54) is 0 Å². The minimum atomic E-state index is -1.72. The van der Waals surface area contributed by atoms with Crippen LogP contribution in [-0.2, 0) is 9.53 Å². The van der Waals surface area contributed by atoms with Crippen LogP contribution >= 0.6 is 0 Å². The first-order valence-corrected chi connectivity index (χ1v) is 7.90. The molecule has 0 aliphatic heterocycles. The van der Waals surface area contributed by atoms with Crippen LogP contribution in [-0.4, -0.2) is 25.4 Å². The number of hydrogen-bond acceptors (Lipinski definition) is 3. The SMILES string of the molecule is C=C(C)C(=O)OC[Si](C)(C)C(C)(C)N. The molecule has 0 bridgehead atoms. The van der Waals surface area contributed by atoms with E-state index in [-0.39, 0.29) is 11.1 Å². The molecule has 0 aromatic heterocycles. The molecule has 0 aliphatic rings. The molecule has 0 aromatic carbocycles. The number of nitrogens with two attached hydrogens (primary N) is 1. The Labute approximate surface area is 87.3 Å². The first kappa shape index (κ1) is 13.4. The summed E-state index contributed by atoms with van der Waals surface area (Å²) in [5.74, 6) is -0.324. The highest BCUT2D eigenvalue weighted by Gasteiger charge is 2.37. The fourth-order valence-electron chi connectivity index (χ4n) is 0.555. The predicted octanol–water partition coefficient (Wildman–Crippen LogP) is 1.63. The molecule has 2 N–H and O–H groups in total. The fourth-order valence-corrected chi connectivity index (χ4v) is 1.42. The Hall–Kier alpha value is -0.613. The third-order valence-electron chi connectivity index (χ3n) is 2.66. The number of hydrogen-bond donors (Lipinski definition) is 1. The van der Waals surface area contributed by atoms with Gasteiger partial charge < -0.3 is 10.5 Å². The molecule has 0 heterocycles. The van der Waals surface area contributed by atoms with E-state index in [0.29, 0.717) is 11.8 Å². The van der Waals surface area contributed by atoms with Gasteiger partial charge in [0.1, 0.15) is 8.07 Å². The van der Waals surface area contributed by atoms with Crippen LogP contribution < -0.4 is 5.73 Å². The van der Waals surface area contributed by atoms with Crippen LogP contribution in [0.5, 0.6) is 0 Å². The third-order valence-corrected chi connectivity index (χ3v) is 7.01. The van der Waals surface area contributed by atoms with Gasteiger partial charge in [-0.25, -0.2) is 4.79 Å². The van der Waals surface area contributed by atoms with Crippen molar-refractivity contribution in [2.75, 3.05) is 6.23 Å². The quantitative estimate of drug-likeness (QED) is 0.440. The van der Waals surface area contributed by atoms with Gasteiger partial charge in [0.05, 0.1) is 6.23 Å². The molecular formula is C10H21NO2Si. The molecule has 0 aromatic rings. The lowest BCUT2D eigenvalue weighted by Gasteiger charge is -2.35. The van der Waals surface area contributed by atoms with Gasteiger partial charge in [0.25, 0.3) is 0 Å². The van der Waals surface area contributed by atoms with Gasteiger partial charge in [-0.1, -0.05) is 19.7 Å². The highest BCUT2D eigenvalue weighted by molar-refractivity contribution is 6.80. The number of carbonyl (C=O) groups excluding carboxylic acids is 1. The molecule has 3 nitrogen and oxygen atoms in total. The van der Waals surface area contributed by atoms with Gasteiger partial charge in [-0.3, -0.25) is 0 Å². The molecule has 82 valence electrons. The Morgan fingerprint density at radius 2 is 1.93 bits per heavy atom. The van der Waals surface area contributed by atoms with Crippen LogP contribution in [0, 0.1) is 0 Å². The zero-order valence-corrected chi connectivity index (χ0v) is 10.8. The van der Waals surface area contributed by atoms with Crippen molar-refractivity contribution in [3.63, 3.8) is 0 Å². The van der Waals surface area contributed by atoms with Crippen LogP contribution in [0.15, 0.2) is 12.2 Å². The van der Waals surface area contributed by atoms with E-state index in [9.17, 15) is 4.79 Å². The third kappa shape index (κ3) is 3.63. The van der Waals surface area contributed by atoms with Crippen molar-refractivity contribution in [3.05, 3.63) is 12.2 Å². The normalized spacial score (nSPS) is 12.4. The molecule has 0 saturated heterocycles. The van der Waals surface area contributed by atoms with Gasteiger partial charge in [0.2, 0.25) is 0 Å². The van der Waals surface area contributed by atoms with Crippen molar-refractivity contribution < 1.29 is 9.53 Å². The predicted molar refractivity (Wildman–Crippen MR) is 61.5 cm³/mol. The van der Waals surface area contributed by atoms with Gasteiger partial charge in [-0.2, -0.15) is 0 Å². The summed E-state index contributed by atoms with van der Waals surface area (Å²) in [5.41, 5.74) is 6.46. The van der Waals surface area contributed by atoms with Crippen molar-refractivity contribution in [1.29, 1.82) is 0 Å². The average Bonchev–Trinajstić information content (AvgIpc) is 1.97. The minimum Gasteiger partial charge on any atom is -0.466 e. The second-order valence-corrected chi connectivity index (χ2v) is 10.3. The van der Waals surface area contributed by atoms with Crippen LogP contribution in [0.4, 0.5) is 0 Å². The van der Waals surface area contributed by atoms with E-state index in [1.807, 2.05) is 13.8 Å². The summed E-state index contributed by atoms with van der Waals surface area (Å²) in [7, 11) is -1.72. The molecular weight excluding hydrogens is 194 g/mol. The van der Waals surface area contributed by atoms with Crippen molar-refractivity contribution >= 4 is 14.0 Å². The monoisotopic (exact) mass is 215 g/mol. The summed E-state index contributed by atoms with van der Waals surface area (Å²) in [6, 6.07) is 0. The molecule has 0 saturated carbocycles. The molecule has 0 rings (SSSR count). The Morgan fingerprint density at radius 1 is 1.50 bits per heavy atom. The second kappa shape index (κ2) is 4.27. The zero-order valence-electron chi connectivity index (χ0n) is 9.81. The van der Waals surface area contributed by atoms with Gasteiger partial charge in [0.15, 0.2) is 0 Å². The van der Waals surface area contributed by atoms with E-state index >= 15 is 0 Å². The van der Waals surface area contributed by atoms with Crippen molar-refractivity contribution in [2.45, 2.75) is 39.0 Å². The molecule has 14 heavy (non-hydrogen) atoms. The van der Waals surface area contributed by atoms with Crippen molar-refractivity contribution in [1.82, 2.24) is 0 Å². The Kier molecular flexibility index (Phi) is 4.09. The summed E-state index contributed by atoms with van der Waals surface area (Å²) in [6.45, 7) is 13.4. The molecule has 0 radical (unpaired) electrons. The summed E-state index contributed by atoms with van der Waals surface area (Å²) >= 11 is 0. The fraction of sp³-hybridized carbons (Fsp3) is 0.700. The Morgan fingerprint density at radius 3 is 2.21 bits per heavy atom. The first-order chi connectivity index (χ1) is 6.08. The number of rotatable bonds is 4. The zero-order chi connectivity index (χ0) is 11.6. The summed E-state index contributed by atoms with van der Waals surface area (Å²) in [4.78, 5) is 11.2. The van der Waals surface area contributed by atoms with E-state index in [2.05, 4.69) is 19.7 Å². The van der Waals surface area contributed by atoms with Gasteiger partial charge in [-0.15, -0.1) is 0 Å². The van der Waals surface area contributed by atoms with Gasteiger partial charge in [0, 0.05) is 10.7 Å². The summed E-state index contributed by atoms with van der Waals surface area (Å²) < 4.78 is 5.14. The maximum absolute atomic E-state index is 11.2. The van der Waals surface area contributed by atoms with Crippen molar-refractivity contribution in [3.8, 4) is 0 Å². The molecule has 0 amide bonds. The smallest absolute Gasteiger partial charge is 0.332 e. The van der Waals surface area contributed by atoms with E-state index in [4.69, 9.17) is 10.5 Å². The highest BCUT2D eigenvalue weighted by atomic mass is 28.3. The number of carbonyl (C=O) groups is 1. The molecule has 4 heteroatoms. The first-order valence-electron chi connectivity index (χ1n) is 4.69. The van der Waals surface area contributed by atoms with E-state index in [1.54, 1.807) is 6.92 Å². The van der Waals surface area contributed by atoms with Gasteiger partial charge >= 0.3 is 5.97 Å². The number of esters is 1. The van der Waals surface area contributed by atoms with Gasteiger partial charge in [-0.05, 0) is 20.8 Å². The lowest BCUT2D eigenvalue weighted by Crippen LogP contribution is -2.60. The Balaban J connectivity index is 4.27. The largest absolute Gasteiger partial charge is 0.466 e. The van der Waals surface area contributed by atoms with Crippen LogP contribution in [0.25, 0.3) is 0 Å². The molecule has 0 atom stereocenters. The lowest BCUT2D eigenvalue weighted by atomic mass is 10.4. The lowest BCUT2D eigenvalue weighted by molar-refractivity contribution is -0.137. The summed E-state index contributed by atoms with van der Waals surface area (Å²) in [6.07, 6.45) is 0.447. The van der Waals surface area contributed by atoms with E-state index in [0.717, 1.165) is 0 Å². The summed E-state index contributed by atoms with van der Waals surface area (Å²) in [5, 5.41) is -0.248. The maximum atomic E-state index is 11.2. The van der Waals surface area contributed by atoms with Crippen LogP contribution in [0.1, 0.15) is 20.8 Å². The van der Waals surface area contributed by atoms with Crippen LogP contribution in [0.3, 0.4) is 0 Å². The maximum Gasteiger partial charge on any atom is 0.332 e. The number of ether oxygens (including phenoxy) is 1. The average molecular weight is 215 g/mol. The molecule has 0 fully saturated rings.